The molecule has 106 valence electrons. The minimum absolute atomic E-state index is 0.196. The Bertz CT molecular complexity index is 560. The summed E-state index contributed by atoms with van der Waals surface area (Å²) in [6.45, 7) is 3.10. The minimum atomic E-state index is 0.196. The van der Waals surface area contributed by atoms with Crippen LogP contribution in [0.15, 0.2) is 47.2 Å². The van der Waals surface area contributed by atoms with Gasteiger partial charge < -0.3 is 10.4 Å². The molecule has 0 aliphatic rings. The number of pyridine rings is 1. The largest absolute Gasteiger partial charge is 0.508 e. The molecule has 0 radical (unpaired) electrons. The van der Waals surface area contributed by atoms with Crippen LogP contribution in [0.2, 0.25) is 0 Å². The highest BCUT2D eigenvalue weighted by atomic mass is 79.9. The van der Waals surface area contributed by atoms with Crippen molar-refractivity contribution in [1.82, 2.24) is 10.3 Å². The van der Waals surface area contributed by atoms with Crippen molar-refractivity contribution in [2.75, 3.05) is 6.54 Å². The van der Waals surface area contributed by atoms with Crippen molar-refractivity contribution in [2.45, 2.75) is 25.8 Å². The zero-order valence-corrected chi connectivity index (χ0v) is 13.1. The summed E-state index contributed by atoms with van der Waals surface area (Å²) in [6.07, 6.45) is 5.58. The number of hydrogen-bond acceptors (Lipinski definition) is 3. The first-order valence-electron chi connectivity index (χ1n) is 6.80. The fourth-order valence-electron chi connectivity index (χ4n) is 2.16. The molecule has 2 aromatic rings. The Kier molecular flexibility index (Phi) is 5.56. The lowest BCUT2D eigenvalue weighted by Crippen LogP contribution is -2.24. The monoisotopic (exact) mass is 334 g/mol. The molecular formula is C16H19BrN2O. The van der Waals surface area contributed by atoms with E-state index in [2.05, 4.69) is 39.2 Å². The number of benzene rings is 1. The summed E-state index contributed by atoms with van der Waals surface area (Å²) >= 11 is 3.47. The van der Waals surface area contributed by atoms with Crippen LogP contribution in [0.1, 0.15) is 30.5 Å². The second kappa shape index (κ2) is 7.41. The van der Waals surface area contributed by atoms with E-state index in [4.69, 9.17) is 0 Å². The SMILES string of the molecule is CCCNC(Cc1cccc(O)c1)c1cncc(Br)c1. The zero-order valence-electron chi connectivity index (χ0n) is 11.5. The third-order valence-corrected chi connectivity index (χ3v) is 3.55. The molecule has 1 aromatic heterocycles. The molecule has 1 unspecified atom stereocenters. The van der Waals surface area contributed by atoms with Crippen molar-refractivity contribution in [3.05, 3.63) is 58.3 Å². The highest BCUT2D eigenvalue weighted by Gasteiger charge is 2.12. The fraction of sp³-hybridized carbons (Fsp3) is 0.312. The predicted molar refractivity (Wildman–Crippen MR) is 84.8 cm³/mol. The quantitative estimate of drug-likeness (QED) is 0.843. The molecule has 3 nitrogen and oxygen atoms in total. The number of halogens is 1. The van der Waals surface area contributed by atoms with Crippen LogP contribution < -0.4 is 5.32 Å². The van der Waals surface area contributed by atoms with E-state index in [9.17, 15) is 5.11 Å². The van der Waals surface area contributed by atoms with E-state index < -0.39 is 0 Å². The topological polar surface area (TPSA) is 45.1 Å². The zero-order chi connectivity index (χ0) is 14.4. The van der Waals surface area contributed by atoms with Gasteiger partial charge in [0.1, 0.15) is 5.75 Å². The van der Waals surface area contributed by atoms with E-state index in [1.807, 2.05) is 24.4 Å². The molecule has 20 heavy (non-hydrogen) atoms. The molecule has 2 N–H and O–H groups in total. The number of hydrogen-bond donors (Lipinski definition) is 2. The number of rotatable bonds is 6. The lowest BCUT2D eigenvalue weighted by atomic mass is 10.00. The van der Waals surface area contributed by atoms with Crippen molar-refractivity contribution < 1.29 is 5.11 Å². The van der Waals surface area contributed by atoms with Crippen LogP contribution in [0, 0.1) is 0 Å². The highest BCUT2D eigenvalue weighted by Crippen LogP contribution is 2.22. The van der Waals surface area contributed by atoms with Gasteiger partial charge in [0.05, 0.1) is 0 Å². The smallest absolute Gasteiger partial charge is 0.115 e. The summed E-state index contributed by atoms with van der Waals surface area (Å²) in [7, 11) is 0. The van der Waals surface area contributed by atoms with Crippen LogP contribution in [0.3, 0.4) is 0 Å². The summed E-state index contributed by atoms with van der Waals surface area (Å²) in [4.78, 5) is 4.24. The molecular weight excluding hydrogens is 316 g/mol. The van der Waals surface area contributed by atoms with E-state index in [1.165, 1.54) is 0 Å². The average molecular weight is 335 g/mol. The van der Waals surface area contributed by atoms with Gasteiger partial charge in [0.2, 0.25) is 0 Å². The number of phenols is 1. The van der Waals surface area contributed by atoms with Crippen LogP contribution in [-0.4, -0.2) is 16.6 Å². The van der Waals surface area contributed by atoms with Gasteiger partial charge in [-0.15, -0.1) is 0 Å². The molecule has 4 heteroatoms. The molecule has 0 aliphatic heterocycles. The summed E-state index contributed by atoms with van der Waals surface area (Å²) in [5.74, 6) is 0.309. The molecule has 0 saturated heterocycles. The molecule has 0 fully saturated rings. The first-order valence-corrected chi connectivity index (χ1v) is 7.60. The number of nitrogens with one attached hydrogen (secondary N) is 1. The van der Waals surface area contributed by atoms with Gasteiger partial charge in [-0.25, -0.2) is 0 Å². The lowest BCUT2D eigenvalue weighted by Gasteiger charge is -2.19. The van der Waals surface area contributed by atoms with Gasteiger partial charge in [-0.2, -0.15) is 0 Å². The Morgan fingerprint density at radius 1 is 1.30 bits per heavy atom. The van der Waals surface area contributed by atoms with E-state index in [-0.39, 0.29) is 6.04 Å². The maximum absolute atomic E-state index is 9.58. The fourth-order valence-corrected chi connectivity index (χ4v) is 2.55. The van der Waals surface area contributed by atoms with E-state index in [0.29, 0.717) is 5.75 Å². The number of nitrogens with zero attached hydrogens (tertiary/aromatic N) is 1. The summed E-state index contributed by atoms with van der Waals surface area (Å²) in [5, 5.41) is 13.1. The Morgan fingerprint density at radius 3 is 2.85 bits per heavy atom. The Hall–Kier alpha value is -1.39. The summed E-state index contributed by atoms with van der Waals surface area (Å²) in [5.41, 5.74) is 2.26. The number of aromatic hydroxyl groups is 1. The van der Waals surface area contributed by atoms with E-state index >= 15 is 0 Å². The average Bonchev–Trinajstić information content (AvgIpc) is 2.43. The number of aromatic nitrogens is 1. The first kappa shape index (κ1) is 15.0. The molecule has 0 amide bonds. The maximum Gasteiger partial charge on any atom is 0.115 e. The van der Waals surface area contributed by atoms with E-state index in [1.54, 1.807) is 12.3 Å². The van der Waals surface area contributed by atoms with Crippen molar-refractivity contribution >= 4 is 15.9 Å². The van der Waals surface area contributed by atoms with Gasteiger partial charge in [0.25, 0.3) is 0 Å². The third kappa shape index (κ3) is 4.32. The Balaban J connectivity index is 2.19. The molecule has 0 aliphatic carbocycles. The number of phenolic OH excluding ortho intramolecular Hbond substituents is 1. The summed E-state index contributed by atoms with van der Waals surface area (Å²) < 4.78 is 0.981. The Morgan fingerprint density at radius 2 is 2.15 bits per heavy atom. The van der Waals surface area contributed by atoms with Crippen LogP contribution in [-0.2, 0) is 6.42 Å². The highest BCUT2D eigenvalue weighted by molar-refractivity contribution is 9.10. The van der Waals surface area contributed by atoms with Gasteiger partial charge in [-0.3, -0.25) is 4.98 Å². The Labute approximate surface area is 128 Å². The first-order chi connectivity index (χ1) is 9.69. The van der Waals surface area contributed by atoms with Crippen LogP contribution in [0.5, 0.6) is 5.75 Å². The van der Waals surface area contributed by atoms with Gasteiger partial charge in [-0.1, -0.05) is 19.1 Å². The third-order valence-electron chi connectivity index (χ3n) is 3.12. The van der Waals surface area contributed by atoms with Gasteiger partial charge >= 0.3 is 0 Å². The van der Waals surface area contributed by atoms with Crippen molar-refractivity contribution in [2.24, 2.45) is 0 Å². The van der Waals surface area contributed by atoms with Crippen LogP contribution in [0.4, 0.5) is 0 Å². The van der Waals surface area contributed by atoms with Crippen molar-refractivity contribution in [3.8, 4) is 5.75 Å². The van der Waals surface area contributed by atoms with E-state index in [0.717, 1.165) is 35.0 Å². The molecule has 2 rings (SSSR count). The second-order valence-corrected chi connectivity index (χ2v) is 5.73. The van der Waals surface area contributed by atoms with Gasteiger partial charge in [0, 0.05) is 22.9 Å². The van der Waals surface area contributed by atoms with Gasteiger partial charge in [0.15, 0.2) is 0 Å². The van der Waals surface area contributed by atoms with Gasteiger partial charge in [-0.05, 0) is 64.6 Å². The molecule has 1 aromatic carbocycles. The summed E-state index contributed by atoms with van der Waals surface area (Å²) in [6, 6.07) is 9.70. The molecule has 0 bridgehead atoms. The van der Waals surface area contributed by atoms with Crippen molar-refractivity contribution in [3.63, 3.8) is 0 Å². The standard InChI is InChI=1S/C16H19BrN2O/c1-2-6-19-16(13-9-14(17)11-18-10-13)8-12-4-3-5-15(20)7-12/h3-5,7,9-11,16,19-20H,2,6,8H2,1H3. The van der Waals surface area contributed by atoms with Crippen LogP contribution >= 0.6 is 15.9 Å². The minimum Gasteiger partial charge on any atom is -0.508 e. The normalized spacial score (nSPS) is 12.3. The maximum atomic E-state index is 9.58. The molecule has 1 atom stereocenters. The molecule has 0 saturated carbocycles. The van der Waals surface area contributed by atoms with Crippen LogP contribution in [0.25, 0.3) is 0 Å². The molecule has 0 spiro atoms. The lowest BCUT2D eigenvalue weighted by molar-refractivity contribution is 0.472. The predicted octanol–water partition coefficient (Wildman–Crippen LogP) is 3.83. The van der Waals surface area contributed by atoms with Crippen molar-refractivity contribution in [1.29, 1.82) is 0 Å². The second-order valence-electron chi connectivity index (χ2n) is 4.82. The molecule has 1 heterocycles.